The molecule has 1 aromatic carbocycles. The number of hydrogen-bond acceptors (Lipinski definition) is 5. The zero-order valence-electron chi connectivity index (χ0n) is 13.7. The van der Waals surface area contributed by atoms with Crippen LogP contribution in [0, 0.1) is 5.82 Å². The van der Waals surface area contributed by atoms with Crippen LogP contribution in [0.25, 0.3) is 10.1 Å². The summed E-state index contributed by atoms with van der Waals surface area (Å²) in [6, 6.07) is 5.84. The number of carbonyl (C=O) groups excluding carboxylic acids is 3. The lowest BCUT2D eigenvalue weighted by Gasteiger charge is -2.34. The Morgan fingerprint density at radius 1 is 1.12 bits per heavy atom. The number of benzene rings is 1. The quantitative estimate of drug-likeness (QED) is 0.780. The number of hydrogen-bond donors (Lipinski definition) is 0. The standard InChI is InChI=1S/C17H17FN2O4S/c1-11(21)19-4-6-20(7-5-19)16(22)10-24-17(23)15-9-12-8-13(18)2-3-14(12)25-15/h2-3,8-9H,4-7,10H2,1H3. The van der Waals surface area contributed by atoms with Gasteiger partial charge in [0.15, 0.2) is 6.61 Å². The molecule has 1 aliphatic heterocycles. The first-order valence-electron chi connectivity index (χ1n) is 7.83. The Labute approximate surface area is 147 Å². The Morgan fingerprint density at radius 3 is 2.48 bits per heavy atom. The van der Waals surface area contributed by atoms with E-state index in [2.05, 4.69) is 0 Å². The summed E-state index contributed by atoms with van der Waals surface area (Å²) in [5.41, 5.74) is 0. The van der Waals surface area contributed by atoms with E-state index in [1.165, 1.54) is 30.4 Å². The third-order valence-electron chi connectivity index (χ3n) is 4.08. The Kier molecular flexibility index (Phi) is 4.98. The fraction of sp³-hybridized carbons (Fsp3) is 0.353. The molecule has 2 heterocycles. The number of carbonyl (C=O) groups is 3. The number of fused-ring (bicyclic) bond motifs is 1. The first-order valence-corrected chi connectivity index (χ1v) is 8.65. The van der Waals surface area contributed by atoms with E-state index in [1.54, 1.807) is 21.9 Å². The second-order valence-corrected chi connectivity index (χ2v) is 6.84. The molecule has 25 heavy (non-hydrogen) atoms. The van der Waals surface area contributed by atoms with E-state index >= 15 is 0 Å². The van der Waals surface area contributed by atoms with Crippen molar-refractivity contribution in [3.63, 3.8) is 0 Å². The van der Waals surface area contributed by atoms with Crippen LogP contribution in [0.2, 0.25) is 0 Å². The zero-order chi connectivity index (χ0) is 18.0. The van der Waals surface area contributed by atoms with Gasteiger partial charge in [-0.15, -0.1) is 11.3 Å². The van der Waals surface area contributed by atoms with Crippen molar-refractivity contribution in [3.8, 4) is 0 Å². The summed E-state index contributed by atoms with van der Waals surface area (Å²) in [5.74, 6) is -1.27. The maximum atomic E-state index is 13.2. The Bertz CT molecular complexity index is 827. The fourth-order valence-electron chi connectivity index (χ4n) is 2.68. The lowest BCUT2D eigenvalue weighted by molar-refractivity contribution is -0.140. The zero-order valence-corrected chi connectivity index (χ0v) is 14.5. The molecule has 2 amide bonds. The molecule has 0 unspecified atom stereocenters. The van der Waals surface area contributed by atoms with Crippen molar-refractivity contribution in [2.75, 3.05) is 32.8 Å². The van der Waals surface area contributed by atoms with Crippen LogP contribution in [0.5, 0.6) is 0 Å². The third kappa shape index (κ3) is 3.96. The van der Waals surface area contributed by atoms with Crippen molar-refractivity contribution in [1.82, 2.24) is 9.80 Å². The van der Waals surface area contributed by atoms with E-state index < -0.39 is 5.97 Å². The van der Waals surface area contributed by atoms with Gasteiger partial charge in [-0.25, -0.2) is 9.18 Å². The van der Waals surface area contributed by atoms with Gasteiger partial charge in [-0.05, 0) is 29.7 Å². The van der Waals surface area contributed by atoms with Crippen molar-refractivity contribution in [2.24, 2.45) is 0 Å². The minimum atomic E-state index is -0.600. The average Bonchev–Trinajstić information content (AvgIpc) is 3.02. The summed E-state index contributed by atoms with van der Waals surface area (Å²) in [7, 11) is 0. The molecule has 3 rings (SSSR count). The molecule has 1 saturated heterocycles. The van der Waals surface area contributed by atoms with Gasteiger partial charge in [-0.1, -0.05) is 0 Å². The van der Waals surface area contributed by atoms with Gasteiger partial charge in [-0.2, -0.15) is 0 Å². The molecule has 1 aliphatic rings. The first kappa shape index (κ1) is 17.3. The minimum Gasteiger partial charge on any atom is -0.451 e. The Balaban J connectivity index is 1.54. The van der Waals surface area contributed by atoms with Crippen LogP contribution in [0.4, 0.5) is 4.39 Å². The summed E-state index contributed by atoms with van der Waals surface area (Å²) in [6.07, 6.45) is 0. The smallest absolute Gasteiger partial charge is 0.348 e. The van der Waals surface area contributed by atoms with Gasteiger partial charge in [0.1, 0.15) is 10.7 Å². The minimum absolute atomic E-state index is 0.0141. The number of nitrogens with zero attached hydrogens (tertiary/aromatic N) is 2. The highest BCUT2D eigenvalue weighted by molar-refractivity contribution is 7.20. The molecule has 8 heteroatoms. The van der Waals surface area contributed by atoms with E-state index in [0.29, 0.717) is 36.4 Å². The van der Waals surface area contributed by atoms with Crippen LogP contribution < -0.4 is 0 Å². The molecule has 0 spiro atoms. The normalized spacial score (nSPS) is 14.6. The number of ether oxygens (including phenoxy) is 1. The maximum absolute atomic E-state index is 13.2. The molecule has 2 aromatic rings. The molecule has 0 radical (unpaired) electrons. The summed E-state index contributed by atoms with van der Waals surface area (Å²) in [4.78, 5) is 39.1. The number of halogens is 1. The maximum Gasteiger partial charge on any atom is 0.348 e. The first-order chi connectivity index (χ1) is 11.9. The van der Waals surface area contributed by atoms with Crippen LogP contribution in [0.1, 0.15) is 16.6 Å². The van der Waals surface area contributed by atoms with Crippen molar-refractivity contribution in [1.29, 1.82) is 0 Å². The molecule has 1 aromatic heterocycles. The predicted octanol–water partition coefficient (Wildman–Crippen LogP) is 1.89. The highest BCUT2D eigenvalue weighted by Crippen LogP contribution is 2.26. The van der Waals surface area contributed by atoms with Gasteiger partial charge in [0, 0.05) is 37.8 Å². The largest absolute Gasteiger partial charge is 0.451 e. The molecule has 6 nitrogen and oxygen atoms in total. The molecule has 0 aliphatic carbocycles. The van der Waals surface area contributed by atoms with Gasteiger partial charge in [0.2, 0.25) is 5.91 Å². The molecule has 0 saturated carbocycles. The van der Waals surface area contributed by atoms with Crippen molar-refractivity contribution in [3.05, 3.63) is 35.0 Å². The summed E-state index contributed by atoms with van der Waals surface area (Å²) in [6.45, 7) is 2.97. The van der Waals surface area contributed by atoms with Crippen LogP contribution in [-0.2, 0) is 14.3 Å². The molecule has 1 fully saturated rings. The number of esters is 1. The van der Waals surface area contributed by atoms with E-state index in [0.717, 1.165) is 4.70 Å². The molecule has 0 atom stereocenters. The molecular formula is C17H17FN2O4S. The number of piperazine rings is 1. The van der Waals surface area contributed by atoms with Crippen molar-refractivity contribution in [2.45, 2.75) is 6.92 Å². The molecule has 132 valence electrons. The van der Waals surface area contributed by atoms with Crippen LogP contribution in [0.3, 0.4) is 0 Å². The fourth-order valence-corrected chi connectivity index (χ4v) is 3.61. The number of amides is 2. The van der Waals surface area contributed by atoms with E-state index in [4.69, 9.17) is 4.74 Å². The van der Waals surface area contributed by atoms with Gasteiger partial charge >= 0.3 is 5.97 Å². The molecule has 0 N–H and O–H groups in total. The van der Waals surface area contributed by atoms with Crippen molar-refractivity contribution < 1.29 is 23.5 Å². The van der Waals surface area contributed by atoms with Crippen molar-refractivity contribution >= 4 is 39.2 Å². The Hall–Kier alpha value is -2.48. The van der Waals surface area contributed by atoms with Gasteiger partial charge in [0.25, 0.3) is 5.91 Å². The average molecular weight is 364 g/mol. The lowest BCUT2D eigenvalue weighted by atomic mass is 10.2. The van der Waals surface area contributed by atoms with E-state index in [1.807, 2.05) is 0 Å². The molecular weight excluding hydrogens is 347 g/mol. The van der Waals surface area contributed by atoms with E-state index in [-0.39, 0.29) is 24.2 Å². The second-order valence-electron chi connectivity index (χ2n) is 5.76. The van der Waals surface area contributed by atoms with Gasteiger partial charge in [-0.3, -0.25) is 9.59 Å². The van der Waals surface area contributed by atoms with Gasteiger partial charge in [0.05, 0.1) is 0 Å². The highest BCUT2D eigenvalue weighted by Gasteiger charge is 2.23. The van der Waals surface area contributed by atoms with Gasteiger partial charge < -0.3 is 14.5 Å². The Morgan fingerprint density at radius 2 is 1.80 bits per heavy atom. The predicted molar refractivity (Wildman–Crippen MR) is 90.9 cm³/mol. The number of rotatable bonds is 3. The monoisotopic (exact) mass is 364 g/mol. The number of thiophene rings is 1. The summed E-state index contributed by atoms with van der Waals surface area (Å²) < 4.78 is 19.1. The third-order valence-corrected chi connectivity index (χ3v) is 5.18. The summed E-state index contributed by atoms with van der Waals surface area (Å²) >= 11 is 1.19. The van der Waals surface area contributed by atoms with Crippen LogP contribution in [-0.4, -0.2) is 60.4 Å². The lowest BCUT2D eigenvalue weighted by Crippen LogP contribution is -2.51. The summed E-state index contributed by atoms with van der Waals surface area (Å²) in [5, 5.41) is 0.628. The second kappa shape index (κ2) is 7.18. The van der Waals surface area contributed by atoms with E-state index in [9.17, 15) is 18.8 Å². The van der Waals surface area contributed by atoms with Crippen LogP contribution in [0.15, 0.2) is 24.3 Å². The highest BCUT2D eigenvalue weighted by atomic mass is 32.1. The molecule has 0 bridgehead atoms. The topological polar surface area (TPSA) is 66.9 Å². The SMILES string of the molecule is CC(=O)N1CCN(C(=O)COC(=O)c2cc3cc(F)ccc3s2)CC1. The van der Waals surface area contributed by atoms with Crippen LogP contribution >= 0.6 is 11.3 Å².